The van der Waals surface area contributed by atoms with Crippen molar-refractivity contribution < 1.29 is 0 Å². The minimum Gasteiger partial charge on any atom is -0.310 e. The van der Waals surface area contributed by atoms with Gasteiger partial charge in [0.1, 0.15) is 0 Å². The fraction of sp³-hybridized carbons (Fsp3) is 0.0667. The molecule has 2 heteroatoms. The molecule has 0 aliphatic heterocycles. The summed E-state index contributed by atoms with van der Waals surface area (Å²) in [4.78, 5) is 2.48. The van der Waals surface area contributed by atoms with E-state index in [-0.39, 0.29) is 5.41 Å². The minimum absolute atomic E-state index is 0.0561. The third kappa shape index (κ3) is 4.15. The standard InChI is InChI=1S/C60H40N2/c1-59(2)47-24-11-8-23-45(47)46-35-40(31-32-48(46)59)62-54-29-15-27-51-57(54)58-55(62)33-30-38-34-41(61(39-18-4-3-5-19-39)53-28-14-17-37-16-6-7-20-42(37)53)36-52(56(38)58)60(51)49-25-12-9-21-43(49)44-22-10-13-26-50(44)60/h3-36H,1-2H3. The minimum atomic E-state index is -0.559. The van der Waals surface area contributed by atoms with Crippen LogP contribution in [0.3, 0.4) is 0 Å². The van der Waals surface area contributed by atoms with Crippen LogP contribution in [0.2, 0.25) is 0 Å². The molecular weight excluding hydrogens is 749 g/mol. The fourth-order valence-corrected chi connectivity index (χ4v) is 12.2. The molecule has 0 saturated carbocycles. The van der Waals surface area contributed by atoms with Gasteiger partial charge in [-0.25, -0.2) is 0 Å². The van der Waals surface area contributed by atoms with Gasteiger partial charge in [0, 0.05) is 38.6 Å². The van der Waals surface area contributed by atoms with Crippen molar-refractivity contribution in [2.24, 2.45) is 0 Å². The van der Waals surface area contributed by atoms with E-state index in [4.69, 9.17) is 0 Å². The number of rotatable bonds is 4. The zero-order valence-electron chi connectivity index (χ0n) is 34.5. The van der Waals surface area contributed by atoms with Crippen LogP contribution in [0.1, 0.15) is 47.2 Å². The average molecular weight is 789 g/mol. The molecule has 0 fully saturated rings. The predicted molar refractivity (Wildman–Crippen MR) is 259 cm³/mol. The molecule has 0 amide bonds. The van der Waals surface area contributed by atoms with E-state index < -0.39 is 5.41 Å². The van der Waals surface area contributed by atoms with Gasteiger partial charge in [0.25, 0.3) is 0 Å². The van der Waals surface area contributed by atoms with Crippen LogP contribution in [-0.2, 0) is 10.8 Å². The van der Waals surface area contributed by atoms with Crippen LogP contribution in [0.5, 0.6) is 0 Å². The molecule has 10 aromatic carbocycles. The Balaban J connectivity index is 1.13. The van der Waals surface area contributed by atoms with E-state index in [0.717, 1.165) is 17.1 Å². The Morgan fingerprint density at radius 3 is 1.77 bits per heavy atom. The number of fused-ring (bicyclic) bond motifs is 11. The molecule has 0 saturated heterocycles. The van der Waals surface area contributed by atoms with Gasteiger partial charge in [-0.1, -0.05) is 166 Å². The van der Waals surface area contributed by atoms with Crippen molar-refractivity contribution >= 4 is 60.4 Å². The summed E-state index contributed by atoms with van der Waals surface area (Å²) in [5.41, 5.74) is 19.9. The van der Waals surface area contributed by atoms with Gasteiger partial charge < -0.3 is 9.47 Å². The second-order valence-corrected chi connectivity index (χ2v) is 18.0. The smallest absolute Gasteiger partial charge is 0.0727 e. The molecule has 1 aromatic heterocycles. The zero-order valence-corrected chi connectivity index (χ0v) is 34.5. The van der Waals surface area contributed by atoms with Crippen LogP contribution in [0.15, 0.2) is 206 Å². The van der Waals surface area contributed by atoms with Gasteiger partial charge in [-0.3, -0.25) is 0 Å². The number of hydrogen-bond donors (Lipinski definition) is 0. The lowest BCUT2D eigenvalue weighted by atomic mass is 9.63. The Morgan fingerprint density at radius 2 is 0.984 bits per heavy atom. The molecule has 0 N–H and O–H groups in total. The van der Waals surface area contributed by atoms with Gasteiger partial charge in [-0.2, -0.15) is 0 Å². The highest BCUT2D eigenvalue weighted by atomic mass is 15.1. The summed E-state index contributed by atoms with van der Waals surface area (Å²) in [5.74, 6) is 0. The number of benzene rings is 10. The number of aromatic nitrogens is 1. The summed E-state index contributed by atoms with van der Waals surface area (Å²) in [6.07, 6.45) is 0. The predicted octanol–water partition coefficient (Wildman–Crippen LogP) is 15.5. The number of para-hydroxylation sites is 1. The van der Waals surface area contributed by atoms with E-state index in [1.165, 1.54) is 105 Å². The lowest BCUT2D eigenvalue weighted by molar-refractivity contribution is 0.660. The van der Waals surface area contributed by atoms with Crippen molar-refractivity contribution in [2.75, 3.05) is 4.90 Å². The second-order valence-electron chi connectivity index (χ2n) is 18.0. The highest BCUT2D eigenvalue weighted by Crippen LogP contribution is 2.63. The molecule has 3 aliphatic rings. The SMILES string of the molecule is CC1(C)c2ccccc2-c2cc(-n3c4cccc5c4c4c6c(cc(N(c7ccccc7)c7cccc8ccccc78)cc6ccc43)C53c4ccccc4-c4ccccc43)ccc21. The zero-order chi connectivity index (χ0) is 40.9. The lowest BCUT2D eigenvalue weighted by Crippen LogP contribution is -2.31. The van der Waals surface area contributed by atoms with Gasteiger partial charge in [-0.05, 0) is 126 Å². The van der Waals surface area contributed by atoms with Crippen molar-refractivity contribution in [3.63, 3.8) is 0 Å². The van der Waals surface area contributed by atoms with Crippen LogP contribution in [0.4, 0.5) is 17.1 Å². The lowest BCUT2D eigenvalue weighted by Gasteiger charge is -2.39. The van der Waals surface area contributed by atoms with Crippen LogP contribution in [0.25, 0.3) is 71.3 Å². The molecule has 0 bridgehead atoms. The van der Waals surface area contributed by atoms with E-state index in [0.29, 0.717) is 0 Å². The summed E-state index contributed by atoms with van der Waals surface area (Å²) in [6.45, 7) is 4.73. The Morgan fingerprint density at radius 1 is 0.371 bits per heavy atom. The maximum absolute atomic E-state index is 2.55. The Hall–Kier alpha value is -7.68. The summed E-state index contributed by atoms with van der Waals surface area (Å²) >= 11 is 0. The molecule has 1 heterocycles. The molecule has 1 spiro atoms. The van der Waals surface area contributed by atoms with Crippen LogP contribution in [-0.4, -0.2) is 4.57 Å². The number of anilines is 3. The van der Waals surface area contributed by atoms with Gasteiger partial charge in [0.05, 0.1) is 22.1 Å². The quantitative estimate of drug-likeness (QED) is 0.172. The first-order valence-electron chi connectivity index (χ1n) is 21.9. The molecular formula is C60H40N2. The molecule has 0 unspecified atom stereocenters. The average Bonchev–Trinajstić information content (AvgIpc) is 3.90. The van der Waals surface area contributed by atoms with Crippen molar-refractivity contribution in [1.82, 2.24) is 4.57 Å². The Bertz CT molecular complexity index is 3680. The first-order valence-corrected chi connectivity index (χ1v) is 21.9. The number of nitrogens with zero attached hydrogens (tertiary/aromatic N) is 2. The van der Waals surface area contributed by atoms with Crippen molar-refractivity contribution in [2.45, 2.75) is 24.7 Å². The molecule has 0 atom stereocenters. The summed E-state index contributed by atoms with van der Waals surface area (Å²) in [5, 5.41) is 7.69. The van der Waals surface area contributed by atoms with Crippen molar-refractivity contribution in [1.29, 1.82) is 0 Å². The van der Waals surface area contributed by atoms with Crippen LogP contribution < -0.4 is 4.90 Å². The van der Waals surface area contributed by atoms with E-state index >= 15 is 0 Å². The normalized spacial score (nSPS) is 14.5. The maximum atomic E-state index is 2.55. The van der Waals surface area contributed by atoms with Gasteiger partial charge >= 0.3 is 0 Å². The molecule has 0 radical (unpaired) electrons. The third-order valence-electron chi connectivity index (χ3n) is 14.7. The molecule has 290 valence electrons. The third-order valence-corrected chi connectivity index (χ3v) is 14.7. The van der Waals surface area contributed by atoms with Crippen LogP contribution >= 0.6 is 0 Å². The summed E-state index contributed by atoms with van der Waals surface area (Å²) in [7, 11) is 0. The van der Waals surface area contributed by atoms with Crippen molar-refractivity contribution in [3.05, 3.63) is 240 Å². The van der Waals surface area contributed by atoms with Gasteiger partial charge in [0.15, 0.2) is 0 Å². The van der Waals surface area contributed by atoms with E-state index in [1.54, 1.807) is 0 Å². The summed E-state index contributed by atoms with van der Waals surface area (Å²) < 4.78 is 2.55. The highest BCUT2D eigenvalue weighted by molar-refractivity contribution is 6.27. The molecule has 3 aliphatic carbocycles. The Kier molecular flexibility index (Phi) is 6.59. The maximum Gasteiger partial charge on any atom is 0.0727 e. The first kappa shape index (κ1) is 34.1. The molecule has 62 heavy (non-hydrogen) atoms. The molecule has 11 aromatic rings. The fourth-order valence-electron chi connectivity index (χ4n) is 12.2. The molecule has 14 rings (SSSR count). The van der Waals surface area contributed by atoms with E-state index in [2.05, 4.69) is 230 Å². The van der Waals surface area contributed by atoms with Crippen molar-refractivity contribution in [3.8, 4) is 27.9 Å². The second kappa shape index (κ2) is 12.0. The van der Waals surface area contributed by atoms with Gasteiger partial charge in [-0.15, -0.1) is 0 Å². The number of hydrogen-bond acceptors (Lipinski definition) is 1. The molecule has 2 nitrogen and oxygen atoms in total. The highest BCUT2D eigenvalue weighted by Gasteiger charge is 2.50. The largest absolute Gasteiger partial charge is 0.310 e. The van der Waals surface area contributed by atoms with E-state index in [1.807, 2.05) is 0 Å². The summed E-state index contributed by atoms with van der Waals surface area (Å²) in [6, 6.07) is 77.8. The van der Waals surface area contributed by atoms with Crippen LogP contribution in [0, 0.1) is 0 Å². The topological polar surface area (TPSA) is 8.17 Å². The monoisotopic (exact) mass is 788 g/mol. The first-order chi connectivity index (χ1) is 30.5. The van der Waals surface area contributed by atoms with E-state index in [9.17, 15) is 0 Å². The Labute approximate surface area is 360 Å². The van der Waals surface area contributed by atoms with Gasteiger partial charge in [0.2, 0.25) is 0 Å².